The standard InChI is InChI=1S/C17H27NO3/c1-10(17(20)21)3-2-4-18-16(19)15-13-6-11-5-12(8-13)9-14(15)7-11/h10-15H,2-9H2,1H3,(H,18,19)(H,20,21). The predicted octanol–water partition coefficient (Wildman–Crippen LogP) is 2.68. The molecule has 21 heavy (non-hydrogen) atoms. The molecule has 1 unspecified atom stereocenters. The Labute approximate surface area is 126 Å². The summed E-state index contributed by atoms with van der Waals surface area (Å²) in [4.78, 5) is 23.2. The van der Waals surface area contributed by atoms with Gasteiger partial charge in [0.1, 0.15) is 0 Å². The minimum absolute atomic E-state index is 0.242. The van der Waals surface area contributed by atoms with Gasteiger partial charge in [-0.05, 0) is 68.6 Å². The number of aliphatic carboxylic acids is 1. The van der Waals surface area contributed by atoms with E-state index in [-0.39, 0.29) is 17.7 Å². The van der Waals surface area contributed by atoms with Crippen molar-refractivity contribution in [1.82, 2.24) is 5.32 Å². The van der Waals surface area contributed by atoms with Crippen LogP contribution in [0, 0.1) is 35.5 Å². The molecule has 4 nitrogen and oxygen atoms in total. The van der Waals surface area contributed by atoms with Crippen molar-refractivity contribution in [2.24, 2.45) is 35.5 Å². The van der Waals surface area contributed by atoms with E-state index < -0.39 is 5.97 Å². The van der Waals surface area contributed by atoms with Crippen LogP contribution in [0.1, 0.15) is 51.9 Å². The minimum atomic E-state index is -0.748. The summed E-state index contributed by atoms with van der Waals surface area (Å²) >= 11 is 0. The number of hydrogen-bond donors (Lipinski definition) is 2. The van der Waals surface area contributed by atoms with Crippen LogP contribution in [0.4, 0.5) is 0 Å². The van der Waals surface area contributed by atoms with Crippen LogP contribution >= 0.6 is 0 Å². The summed E-state index contributed by atoms with van der Waals surface area (Å²) in [5, 5.41) is 11.9. The Morgan fingerprint density at radius 2 is 1.67 bits per heavy atom. The third-order valence-electron chi connectivity index (χ3n) is 6.06. The SMILES string of the molecule is CC(CCCNC(=O)C1C2CC3CC(C2)CC1C3)C(=O)O. The number of carboxylic acid groups (broad SMARTS) is 1. The molecule has 4 aliphatic carbocycles. The van der Waals surface area contributed by atoms with Crippen LogP contribution in [0.25, 0.3) is 0 Å². The van der Waals surface area contributed by atoms with Gasteiger partial charge in [-0.3, -0.25) is 9.59 Å². The number of carbonyl (C=O) groups is 2. The highest BCUT2D eigenvalue weighted by Gasteiger charge is 2.50. The minimum Gasteiger partial charge on any atom is -0.481 e. The summed E-state index contributed by atoms with van der Waals surface area (Å²) in [5.41, 5.74) is 0. The highest BCUT2D eigenvalue weighted by atomic mass is 16.4. The van der Waals surface area contributed by atoms with Gasteiger partial charge in [0.15, 0.2) is 0 Å². The molecule has 0 radical (unpaired) electrons. The molecule has 0 heterocycles. The first-order valence-electron chi connectivity index (χ1n) is 8.55. The summed E-state index contributed by atoms with van der Waals surface area (Å²) in [6.07, 6.45) is 7.86. The van der Waals surface area contributed by atoms with Gasteiger partial charge in [-0.25, -0.2) is 0 Å². The van der Waals surface area contributed by atoms with Crippen LogP contribution in [-0.4, -0.2) is 23.5 Å². The Kier molecular flexibility index (Phi) is 4.23. The lowest BCUT2D eigenvalue weighted by atomic mass is 9.51. The van der Waals surface area contributed by atoms with E-state index in [1.807, 2.05) is 0 Å². The monoisotopic (exact) mass is 293 g/mol. The van der Waals surface area contributed by atoms with Gasteiger partial charge in [-0.1, -0.05) is 6.92 Å². The largest absolute Gasteiger partial charge is 0.481 e. The Morgan fingerprint density at radius 3 is 2.19 bits per heavy atom. The van der Waals surface area contributed by atoms with Gasteiger partial charge in [0, 0.05) is 12.5 Å². The van der Waals surface area contributed by atoms with Crippen molar-refractivity contribution in [3.8, 4) is 0 Å². The summed E-state index contributed by atoms with van der Waals surface area (Å²) in [6.45, 7) is 2.35. The second-order valence-electron chi connectivity index (χ2n) is 7.63. The first-order chi connectivity index (χ1) is 10.0. The van der Waals surface area contributed by atoms with Crippen molar-refractivity contribution in [2.75, 3.05) is 6.54 Å². The first kappa shape index (κ1) is 14.9. The zero-order valence-electron chi connectivity index (χ0n) is 12.9. The lowest BCUT2D eigenvalue weighted by Gasteiger charge is -2.53. The molecule has 0 saturated heterocycles. The smallest absolute Gasteiger partial charge is 0.306 e. The molecule has 118 valence electrons. The summed E-state index contributed by atoms with van der Waals surface area (Å²) < 4.78 is 0. The Balaban J connectivity index is 1.45. The number of hydrogen-bond acceptors (Lipinski definition) is 2. The van der Waals surface area contributed by atoms with E-state index in [9.17, 15) is 9.59 Å². The maximum absolute atomic E-state index is 12.5. The van der Waals surface area contributed by atoms with Gasteiger partial charge in [0.2, 0.25) is 5.91 Å². The molecule has 2 N–H and O–H groups in total. The fraction of sp³-hybridized carbons (Fsp3) is 0.882. The van der Waals surface area contributed by atoms with Gasteiger partial charge in [-0.15, -0.1) is 0 Å². The van der Waals surface area contributed by atoms with E-state index in [0.29, 0.717) is 24.8 Å². The van der Waals surface area contributed by atoms with E-state index in [2.05, 4.69) is 5.32 Å². The Morgan fingerprint density at radius 1 is 1.10 bits per heavy atom. The van der Waals surface area contributed by atoms with E-state index in [0.717, 1.165) is 18.3 Å². The molecule has 1 amide bonds. The van der Waals surface area contributed by atoms with E-state index in [1.54, 1.807) is 6.92 Å². The van der Waals surface area contributed by atoms with Crippen molar-refractivity contribution in [1.29, 1.82) is 0 Å². The van der Waals surface area contributed by atoms with E-state index in [4.69, 9.17) is 5.11 Å². The molecule has 0 aromatic carbocycles. The molecule has 4 fully saturated rings. The number of amides is 1. The zero-order chi connectivity index (χ0) is 15.0. The molecule has 1 atom stereocenters. The van der Waals surface area contributed by atoms with Crippen LogP contribution in [0.2, 0.25) is 0 Å². The van der Waals surface area contributed by atoms with Crippen LogP contribution in [-0.2, 0) is 9.59 Å². The normalized spacial score (nSPS) is 38.2. The molecule has 0 aromatic rings. The highest BCUT2D eigenvalue weighted by molar-refractivity contribution is 5.79. The Hall–Kier alpha value is -1.06. The van der Waals surface area contributed by atoms with Crippen molar-refractivity contribution in [2.45, 2.75) is 51.9 Å². The maximum Gasteiger partial charge on any atom is 0.306 e. The van der Waals surface area contributed by atoms with E-state index >= 15 is 0 Å². The average molecular weight is 293 g/mol. The van der Waals surface area contributed by atoms with E-state index in [1.165, 1.54) is 32.1 Å². The molecule has 0 aromatic heterocycles. The first-order valence-corrected chi connectivity index (χ1v) is 8.55. The molecule has 4 heteroatoms. The summed E-state index contributed by atoms with van der Waals surface area (Å²) in [6, 6.07) is 0. The molecule has 4 bridgehead atoms. The Bertz CT molecular complexity index is 392. The molecule has 0 spiro atoms. The quantitative estimate of drug-likeness (QED) is 0.740. The maximum atomic E-state index is 12.5. The average Bonchev–Trinajstić information content (AvgIpc) is 2.42. The van der Waals surface area contributed by atoms with Crippen molar-refractivity contribution in [3.05, 3.63) is 0 Å². The third kappa shape index (κ3) is 3.09. The lowest BCUT2D eigenvalue weighted by Crippen LogP contribution is -2.51. The van der Waals surface area contributed by atoms with Gasteiger partial charge in [-0.2, -0.15) is 0 Å². The van der Waals surface area contributed by atoms with Crippen molar-refractivity contribution >= 4 is 11.9 Å². The summed E-state index contributed by atoms with van der Waals surface area (Å²) in [5.74, 6) is 2.46. The van der Waals surface area contributed by atoms with Crippen LogP contribution in [0.15, 0.2) is 0 Å². The van der Waals surface area contributed by atoms with Gasteiger partial charge >= 0.3 is 5.97 Å². The summed E-state index contributed by atoms with van der Waals surface area (Å²) in [7, 11) is 0. The second-order valence-corrected chi connectivity index (χ2v) is 7.63. The van der Waals surface area contributed by atoms with Gasteiger partial charge in [0.25, 0.3) is 0 Å². The zero-order valence-corrected chi connectivity index (χ0v) is 12.9. The molecule has 4 rings (SSSR count). The molecule has 4 saturated carbocycles. The number of rotatable bonds is 6. The lowest BCUT2D eigenvalue weighted by molar-refractivity contribution is -0.141. The van der Waals surface area contributed by atoms with Crippen LogP contribution in [0.5, 0.6) is 0 Å². The molecular formula is C17H27NO3. The third-order valence-corrected chi connectivity index (χ3v) is 6.06. The van der Waals surface area contributed by atoms with Crippen LogP contribution < -0.4 is 5.32 Å². The molecule has 4 aliphatic rings. The van der Waals surface area contributed by atoms with Crippen molar-refractivity contribution < 1.29 is 14.7 Å². The fourth-order valence-electron chi connectivity index (χ4n) is 5.21. The molecule has 0 aliphatic heterocycles. The number of nitrogens with one attached hydrogen (secondary N) is 1. The molecular weight excluding hydrogens is 266 g/mol. The van der Waals surface area contributed by atoms with Crippen LogP contribution in [0.3, 0.4) is 0 Å². The topological polar surface area (TPSA) is 66.4 Å². The number of carbonyl (C=O) groups excluding carboxylic acids is 1. The highest BCUT2D eigenvalue weighted by Crippen LogP contribution is 2.56. The van der Waals surface area contributed by atoms with Crippen molar-refractivity contribution in [3.63, 3.8) is 0 Å². The van der Waals surface area contributed by atoms with Gasteiger partial charge in [0.05, 0.1) is 5.92 Å². The second kappa shape index (κ2) is 5.98. The van der Waals surface area contributed by atoms with Gasteiger partial charge < -0.3 is 10.4 Å². The number of carboxylic acids is 1. The fourth-order valence-corrected chi connectivity index (χ4v) is 5.21. The predicted molar refractivity (Wildman–Crippen MR) is 79.6 cm³/mol.